The average Bonchev–Trinajstić information content (AvgIpc) is 3.04. The Morgan fingerprint density at radius 1 is 1.42 bits per heavy atom. The lowest BCUT2D eigenvalue weighted by Gasteiger charge is -2.01. The van der Waals surface area contributed by atoms with Crippen LogP contribution >= 0.6 is 0 Å². The Morgan fingerprint density at radius 3 is 3.11 bits per heavy atom. The minimum atomic E-state index is -0.270. The summed E-state index contributed by atoms with van der Waals surface area (Å²) >= 11 is 0. The third-order valence-corrected chi connectivity index (χ3v) is 2.81. The van der Waals surface area contributed by atoms with E-state index in [0.29, 0.717) is 29.1 Å². The Kier molecular flexibility index (Phi) is 2.68. The highest BCUT2D eigenvalue weighted by Gasteiger charge is 2.14. The van der Waals surface area contributed by atoms with Crippen molar-refractivity contribution >= 4 is 22.5 Å². The first-order chi connectivity index (χ1) is 9.24. The highest BCUT2D eigenvalue weighted by Crippen LogP contribution is 2.18. The predicted molar refractivity (Wildman–Crippen MR) is 70.4 cm³/mol. The standard InChI is InChI=1S/C13H12N4O2/c14-8-3-4-11-10(6-8)12(17-16-11)13(18)15-7-9-2-1-5-19-9/h1-6H,7,14H2,(H,15,18)(H,16,17). The van der Waals surface area contributed by atoms with E-state index in [1.807, 2.05) is 0 Å². The molecule has 0 unspecified atom stereocenters. The molecule has 0 aliphatic heterocycles. The van der Waals surface area contributed by atoms with Crippen LogP contribution in [0.3, 0.4) is 0 Å². The molecule has 0 aliphatic rings. The summed E-state index contributed by atoms with van der Waals surface area (Å²) in [6.45, 7) is 0.322. The molecule has 6 nitrogen and oxygen atoms in total. The van der Waals surface area contributed by atoms with Gasteiger partial charge >= 0.3 is 0 Å². The molecule has 0 fully saturated rings. The van der Waals surface area contributed by atoms with E-state index in [1.165, 1.54) is 0 Å². The number of benzene rings is 1. The predicted octanol–water partition coefficient (Wildman–Crippen LogP) is 1.67. The van der Waals surface area contributed by atoms with Crippen LogP contribution < -0.4 is 11.1 Å². The summed E-state index contributed by atoms with van der Waals surface area (Å²) < 4.78 is 5.14. The van der Waals surface area contributed by atoms with Crippen LogP contribution in [0.25, 0.3) is 10.9 Å². The van der Waals surface area contributed by atoms with Crippen LogP contribution in [-0.4, -0.2) is 16.1 Å². The number of carbonyl (C=O) groups is 1. The minimum absolute atomic E-state index is 0.270. The number of rotatable bonds is 3. The maximum absolute atomic E-state index is 12.1. The van der Waals surface area contributed by atoms with Crippen LogP contribution in [0.4, 0.5) is 5.69 Å². The van der Waals surface area contributed by atoms with Gasteiger partial charge in [-0.05, 0) is 30.3 Å². The first-order valence-electron chi connectivity index (χ1n) is 5.78. The van der Waals surface area contributed by atoms with Crippen LogP contribution in [0.15, 0.2) is 41.0 Å². The van der Waals surface area contributed by atoms with Gasteiger partial charge in [-0.1, -0.05) is 0 Å². The molecule has 2 heterocycles. The molecule has 1 aromatic carbocycles. The maximum atomic E-state index is 12.1. The van der Waals surface area contributed by atoms with Gasteiger partial charge in [-0.25, -0.2) is 0 Å². The number of aromatic amines is 1. The number of fused-ring (bicyclic) bond motifs is 1. The van der Waals surface area contributed by atoms with E-state index in [2.05, 4.69) is 15.5 Å². The van der Waals surface area contributed by atoms with Crippen molar-refractivity contribution in [3.8, 4) is 0 Å². The third-order valence-electron chi connectivity index (χ3n) is 2.81. The van der Waals surface area contributed by atoms with Gasteiger partial charge in [0.25, 0.3) is 5.91 Å². The number of H-pyrrole nitrogens is 1. The first-order valence-corrected chi connectivity index (χ1v) is 5.78. The number of anilines is 1. The summed E-state index contributed by atoms with van der Waals surface area (Å²) in [4.78, 5) is 12.1. The fourth-order valence-electron chi connectivity index (χ4n) is 1.87. The lowest BCUT2D eigenvalue weighted by Crippen LogP contribution is -2.23. The highest BCUT2D eigenvalue weighted by molar-refractivity contribution is 6.05. The highest BCUT2D eigenvalue weighted by atomic mass is 16.3. The molecule has 0 aliphatic carbocycles. The number of carbonyl (C=O) groups excluding carboxylic acids is 1. The van der Waals surface area contributed by atoms with Gasteiger partial charge in [0.05, 0.1) is 18.3 Å². The number of nitrogens with one attached hydrogen (secondary N) is 2. The van der Waals surface area contributed by atoms with E-state index in [9.17, 15) is 4.79 Å². The third kappa shape index (κ3) is 2.15. The van der Waals surface area contributed by atoms with Crippen LogP contribution in [0, 0.1) is 0 Å². The monoisotopic (exact) mass is 256 g/mol. The molecule has 19 heavy (non-hydrogen) atoms. The number of nitrogens with two attached hydrogens (primary N) is 1. The summed E-state index contributed by atoms with van der Waals surface area (Å²) in [6.07, 6.45) is 1.56. The van der Waals surface area contributed by atoms with Crippen molar-refractivity contribution in [3.05, 3.63) is 48.0 Å². The molecule has 2 aromatic heterocycles. The molecule has 0 saturated carbocycles. The van der Waals surface area contributed by atoms with E-state index in [4.69, 9.17) is 10.2 Å². The molecule has 0 atom stereocenters. The zero-order valence-electron chi connectivity index (χ0n) is 10.0. The van der Waals surface area contributed by atoms with Gasteiger partial charge in [0.1, 0.15) is 5.76 Å². The van der Waals surface area contributed by atoms with E-state index < -0.39 is 0 Å². The summed E-state index contributed by atoms with van der Waals surface area (Å²) in [5.74, 6) is 0.418. The molecular formula is C13H12N4O2. The Labute approximate surface area is 108 Å². The molecule has 0 radical (unpaired) electrons. The number of nitrogens with zero attached hydrogens (tertiary/aromatic N) is 1. The van der Waals surface area contributed by atoms with Gasteiger partial charge < -0.3 is 15.5 Å². The normalized spacial score (nSPS) is 10.7. The van der Waals surface area contributed by atoms with Gasteiger partial charge in [-0.3, -0.25) is 9.89 Å². The fourth-order valence-corrected chi connectivity index (χ4v) is 1.87. The smallest absolute Gasteiger partial charge is 0.272 e. The van der Waals surface area contributed by atoms with Crippen molar-refractivity contribution in [1.29, 1.82) is 0 Å². The first kappa shape index (κ1) is 11.3. The number of aromatic nitrogens is 2. The van der Waals surface area contributed by atoms with Crippen molar-refractivity contribution in [3.63, 3.8) is 0 Å². The van der Waals surface area contributed by atoms with Crippen LogP contribution in [0.5, 0.6) is 0 Å². The van der Waals surface area contributed by atoms with Gasteiger partial charge in [-0.15, -0.1) is 0 Å². The van der Waals surface area contributed by atoms with Crippen LogP contribution in [0.1, 0.15) is 16.2 Å². The fraction of sp³-hybridized carbons (Fsp3) is 0.0769. The molecule has 6 heteroatoms. The molecule has 0 saturated heterocycles. The number of amides is 1. The molecule has 1 amide bonds. The molecule has 0 spiro atoms. The van der Waals surface area contributed by atoms with Crippen LogP contribution in [0.2, 0.25) is 0 Å². The lowest BCUT2D eigenvalue weighted by atomic mass is 10.2. The van der Waals surface area contributed by atoms with Gasteiger partial charge in [0.15, 0.2) is 5.69 Å². The molecule has 3 rings (SSSR count). The van der Waals surface area contributed by atoms with Crippen molar-refractivity contribution in [1.82, 2.24) is 15.5 Å². The molecule has 3 aromatic rings. The summed E-state index contributed by atoms with van der Waals surface area (Å²) in [5.41, 5.74) is 7.41. The number of nitrogen functional groups attached to an aromatic ring is 1. The summed E-state index contributed by atoms with van der Waals surface area (Å²) in [5, 5.41) is 10.3. The second-order valence-electron chi connectivity index (χ2n) is 4.14. The second kappa shape index (κ2) is 4.49. The summed E-state index contributed by atoms with van der Waals surface area (Å²) in [7, 11) is 0. The zero-order valence-corrected chi connectivity index (χ0v) is 10.0. The van der Waals surface area contributed by atoms with Crippen molar-refractivity contribution in [2.75, 3.05) is 5.73 Å². The summed E-state index contributed by atoms with van der Waals surface area (Å²) in [6, 6.07) is 8.83. The van der Waals surface area contributed by atoms with E-state index >= 15 is 0 Å². The minimum Gasteiger partial charge on any atom is -0.467 e. The quantitative estimate of drug-likeness (QED) is 0.621. The number of hydrogen-bond donors (Lipinski definition) is 3. The molecule has 96 valence electrons. The molecule has 4 N–H and O–H groups in total. The largest absolute Gasteiger partial charge is 0.467 e. The number of furan rings is 1. The van der Waals surface area contributed by atoms with Gasteiger partial charge in [-0.2, -0.15) is 5.10 Å². The maximum Gasteiger partial charge on any atom is 0.272 e. The lowest BCUT2D eigenvalue weighted by molar-refractivity contribution is 0.0944. The topological polar surface area (TPSA) is 96.9 Å². The Bertz CT molecular complexity index is 715. The zero-order chi connectivity index (χ0) is 13.2. The van der Waals surface area contributed by atoms with E-state index in [1.54, 1.807) is 36.6 Å². The Morgan fingerprint density at radius 2 is 2.32 bits per heavy atom. The second-order valence-corrected chi connectivity index (χ2v) is 4.14. The molecule has 0 bridgehead atoms. The van der Waals surface area contributed by atoms with E-state index in [0.717, 1.165) is 5.52 Å². The SMILES string of the molecule is Nc1ccc2[nH]nc(C(=O)NCc3ccco3)c2c1. The number of hydrogen-bond acceptors (Lipinski definition) is 4. The van der Waals surface area contributed by atoms with Gasteiger partial charge in [0.2, 0.25) is 0 Å². The van der Waals surface area contributed by atoms with Crippen molar-refractivity contribution < 1.29 is 9.21 Å². The van der Waals surface area contributed by atoms with Crippen molar-refractivity contribution in [2.45, 2.75) is 6.54 Å². The molecular weight excluding hydrogens is 244 g/mol. The van der Waals surface area contributed by atoms with Crippen molar-refractivity contribution in [2.24, 2.45) is 0 Å². The van der Waals surface area contributed by atoms with Gasteiger partial charge in [0, 0.05) is 11.1 Å². The van der Waals surface area contributed by atoms with Crippen LogP contribution in [-0.2, 0) is 6.54 Å². The van der Waals surface area contributed by atoms with E-state index in [-0.39, 0.29) is 5.91 Å². The Balaban J connectivity index is 1.83. The average molecular weight is 256 g/mol. The Hall–Kier alpha value is -2.76.